The van der Waals surface area contributed by atoms with Gasteiger partial charge >= 0.3 is 0 Å². The van der Waals surface area contributed by atoms with E-state index in [9.17, 15) is 4.39 Å². The van der Waals surface area contributed by atoms with Crippen molar-refractivity contribution < 1.29 is 9.13 Å². The summed E-state index contributed by atoms with van der Waals surface area (Å²) in [5.74, 6) is -0.294. The topological polar surface area (TPSA) is 13.6 Å². The normalized spacial score (nSPS) is 9.71. The van der Waals surface area contributed by atoms with Crippen LogP contribution in [-0.2, 0) is 0 Å². The SMILES string of the molecule is [C-]#[N+]c1c(F)cc(-c2ccccc2)cc1OC. The molecule has 84 valence electrons. The summed E-state index contributed by atoms with van der Waals surface area (Å²) >= 11 is 0. The van der Waals surface area contributed by atoms with Gasteiger partial charge in [0, 0.05) is 0 Å². The first-order chi connectivity index (χ1) is 8.26. The Balaban J connectivity index is 2.59. The highest BCUT2D eigenvalue weighted by molar-refractivity contribution is 5.71. The Hall–Kier alpha value is -2.34. The van der Waals surface area contributed by atoms with Crippen LogP contribution in [0.15, 0.2) is 42.5 Å². The number of nitrogens with zero attached hydrogens (tertiary/aromatic N) is 1. The molecule has 0 unspecified atom stereocenters. The van der Waals surface area contributed by atoms with Crippen LogP contribution in [-0.4, -0.2) is 7.11 Å². The van der Waals surface area contributed by atoms with Crippen LogP contribution in [0, 0.1) is 12.4 Å². The van der Waals surface area contributed by atoms with Gasteiger partial charge in [0.25, 0.3) is 5.69 Å². The van der Waals surface area contributed by atoms with E-state index in [4.69, 9.17) is 11.3 Å². The lowest BCUT2D eigenvalue weighted by molar-refractivity contribution is 0.415. The summed E-state index contributed by atoms with van der Waals surface area (Å²) in [4.78, 5) is 3.13. The Bertz CT molecular complexity index is 573. The van der Waals surface area contributed by atoms with Crippen LogP contribution >= 0.6 is 0 Å². The summed E-state index contributed by atoms with van der Waals surface area (Å²) < 4.78 is 18.7. The third-order valence-corrected chi connectivity index (χ3v) is 2.47. The highest BCUT2D eigenvalue weighted by Crippen LogP contribution is 2.35. The number of ether oxygens (including phenoxy) is 1. The quantitative estimate of drug-likeness (QED) is 0.705. The molecule has 0 aliphatic heterocycles. The minimum atomic E-state index is -0.557. The lowest BCUT2D eigenvalue weighted by Crippen LogP contribution is -1.88. The summed E-state index contributed by atoms with van der Waals surface area (Å²) in [5.41, 5.74) is 1.51. The fourth-order valence-corrected chi connectivity index (χ4v) is 1.64. The van der Waals surface area contributed by atoms with E-state index in [1.54, 1.807) is 6.07 Å². The van der Waals surface area contributed by atoms with E-state index in [2.05, 4.69) is 4.85 Å². The zero-order valence-corrected chi connectivity index (χ0v) is 9.27. The number of hydrogen-bond donors (Lipinski definition) is 0. The summed E-state index contributed by atoms with van der Waals surface area (Å²) in [7, 11) is 1.43. The Morgan fingerprint density at radius 2 is 1.82 bits per heavy atom. The van der Waals surface area contributed by atoms with Gasteiger partial charge in [0.2, 0.25) is 0 Å². The van der Waals surface area contributed by atoms with E-state index in [0.29, 0.717) is 5.56 Å². The van der Waals surface area contributed by atoms with Crippen molar-refractivity contribution in [2.75, 3.05) is 7.11 Å². The van der Waals surface area contributed by atoms with Crippen molar-refractivity contribution in [1.82, 2.24) is 0 Å². The van der Waals surface area contributed by atoms with E-state index in [-0.39, 0.29) is 11.4 Å². The molecule has 0 spiro atoms. The van der Waals surface area contributed by atoms with E-state index >= 15 is 0 Å². The van der Waals surface area contributed by atoms with E-state index in [1.807, 2.05) is 30.3 Å². The Morgan fingerprint density at radius 1 is 1.12 bits per heavy atom. The maximum Gasteiger partial charge on any atom is 0.262 e. The van der Waals surface area contributed by atoms with Crippen molar-refractivity contribution in [1.29, 1.82) is 0 Å². The molecule has 17 heavy (non-hydrogen) atoms. The van der Waals surface area contributed by atoms with Gasteiger partial charge in [-0.2, -0.15) is 0 Å². The number of halogens is 1. The molecule has 2 aromatic rings. The zero-order valence-electron chi connectivity index (χ0n) is 9.27. The van der Waals surface area contributed by atoms with Crippen LogP contribution in [0.4, 0.5) is 10.1 Å². The van der Waals surface area contributed by atoms with Gasteiger partial charge in [0.1, 0.15) is 11.6 Å². The number of hydrogen-bond acceptors (Lipinski definition) is 1. The molecule has 0 bridgehead atoms. The molecule has 0 aliphatic carbocycles. The van der Waals surface area contributed by atoms with E-state index in [1.165, 1.54) is 13.2 Å². The molecule has 0 saturated carbocycles. The number of rotatable bonds is 2. The fourth-order valence-electron chi connectivity index (χ4n) is 1.64. The van der Waals surface area contributed by atoms with Crippen LogP contribution in [0.3, 0.4) is 0 Å². The van der Waals surface area contributed by atoms with Gasteiger partial charge < -0.3 is 4.74 Å². The minimum Gasteiger partial charge on any atom is -0.508 e. The van der Waals surface area contributed by atoms with Gasteiger partial charge in [-0.25, -0.2) is 9.24 Å². The third-order valence-electron chi connectivity index (χ3n) is 2.47. The minimum absolute atomic E-state index is 0.0767. The molecule has 0 N–H and O–H groups in total. The first-order valence-electron chi connectivity index (χ1n) is 5.06. The molecule has 0 amide bonds. The molecular formula is C14H10FNO. The molecule has 0 aromatic heterocycles. The smallest absolute Gasteiger partial charge is 0.262 e. The Labute approximate surface area is 99.1 Å². The van der Waals surface area contributed by atoms with Gasteiger partial charge in [-0.1, -0.05) is 30.3 Å². The summed E-state index contributed by atoms with van der Waals surface area (Å²) in [6, 6.07) is 12.4. The van der Waals surface area contributed by atoms with Crippen molar-refractivity contribution in [3.8, 4) is 16.9 Å². The van der Waals surface area contributed by atoms with Crippen LogP contribution < -0.4 is 4.74 Å². The van der Waals surface area contributed by atoms with Crippen LogP contribution in [0.1, 0.15) is 0 Å². The van der Waals surface area contributed by atoms with Crippen molar-refractivity contribution >= 4 is 5.69 Å². The Morgan fingerprint density at radius 3 is 2.41 bits per heavy atom. The molecule has 0 saturated heterocycles. The standard InChI is InChI=1S/C14H10FNO/c1-16-14-12(15)8-11(9-13(14)17-2)10-6-4-3-5-7-10/h3-9H,2H3. The molecule has 0 aliphatic rings. The molecule has 0 radical (unpaired) electrons. The zero-order chi connectivity index (χ0) is 12.3. The lowest BCUT2D eigenvalue weighted by Gasteiger charge is -2.08. The highest BCUT2D eigenvalue weighted by atomic mass is 19.1. The maximum atomic E-state index is 13.7. The molecular weight excluding hydrogens is 217 g/mol. The average molecular weight is 227 g/mol. The van der Waals surface area contributed by atoms with E-state index in [0.717, 1.165) is 5.56 Å². The average Bonchev–Trinajstić information content (AvgIpc) is 2.38. The molecule has 0 fully saturated rings. The molecule has 2 nitrogen and oxygen atoms in total. The van der Waals surface area contributed by atoms with Crippen LogP contribution in [0.5, 0.6) is 5.75 Å². The second kappa shape index (κ2) is 4.67. The maximum absolute atomic E-state index is 13.7. The van der Waals surface area contributed by atoms with Gasteiger partial charge in [0.05, 0.1) is 13.7 Å². The van der Waals surface area contributed by atoms with Crippen LogP contribution in [0.2, 0.25) is 0 Å². The number of methoxy groups -OCH3 is 1. The highest BCUT2D eigenvalue weighted by Gasteiger charge is 2.12. The predicted octanol–water partition coefficient (Wildman–Crippen LogP) is 4.05. The first kappa shape index (κ1) is 11.2. The molecule has 3 heteroatoms. The first-order valence-corrected chi connectivity index (χ1v) is 5.06. The van der Waals surface area contributed by atoms with Gasteiger partial charge in [-0.3, -0.25) is 0 Å². The molecule has 0 heterocycles. The van der Waals surface area contributed by atoms with Gasteiger partial charge in [-0.15, -0.1) is 0 Å². The second-order valence-electron chi connectivity index (χ2n) is 3.49. The van der Waals surface area contributed by atoms with Crippen molar-refractivity contribution in [3.63, 3.8) is 0 Å². The summed E-state index contributed by atoms with van der Waals surface area (Å²) in [6.07, 6.45) is 0. The fraction of sp³-hybridized carbons (Fsp3) is 0.0714. The van der Waals surface area contributed by atoms with Crippen molar-refractivity contribution in [2.24, 2.45) is 0 Å². The van der Waals surface area contributed by atoms with Crippen molar-refractivity contribution in [2.45, 2.75) is 0 Å². The lowest BCUT2D eigenvalue weighted by atomic mass is 10.0. The van der Waals surface area contributed by atoms with Crippen molar-refractivity contribution in [3.05, 3.63) is 59.7 Å². The summed E-state index contributed by atoms with van der Waals surface area (Å²) in [5, 5.41) is 0. The monoisotopic (exact) mass is 227 g/mol. The van der Waals surface area contributed by atoms with Crippen LogP contribution in [0.25, 0.3) is 16.0 Å². The second-order valence-corrected chi connectivity index (χ2v) is 3.49. The molecule has 2 rings (SSSR count). The van der Waals surface area contributed by atoms with E-state index < -0.39 is 5.82 Å². The third kappa shape index (κ3) is 2.11. The molecule has 2 aromatic carbocycles. The predicted molar refractivity (Wildman–Crippen MR) is 64.7 cm³/mol. The van der Waals surface area contributed by atoms with Gasteiger partial charge in [0.15, 0.2) is 0 Å². The van der Waals surface area contributed by atoms with Gasteiger partial charge in [-0.05, 0) is 23.3 Å². The Kier molecular flexibility index (Phi) is 3.06. The number of benzene rings is 2. The largest absolute Gasteiger partial charge is 0.508 e. The summed E-state index contributed by atoms with van der Waals surface area (Å²) in [6.45, 7) is 6.91. The molecule has 0 atom stereocenters.